The van der Waals surface area contributed by atoms with Crippen LogP contribution in [0.4, 0.5) is 0 Å². The summed E-state index contributed by atoms with van der Waals surface area (Å²) < 4.78 is 10.6. The predicted molar refractivity (Wildman–Crippen MR) is 126 cm³/mol. The van der Waals surface area contributed by atoms with Gasteiger partial charge in [0.05, 0.1) is 16.4 Å². The van der Waals surface area contributed by atoms with Gasteiger partial charge in [0, 0.05) is 61.3 Å². The number of rotatable bonds is 7. The molecular formula is C23H23BrClN5O. The number of aromatic nitrogens is 4. The molecule has 0 unspecified atom stereocenters. The van der Waals surface area contributed by atoms with Crippen LogP contribution in [0.15, 0.2) is 65.5 Å². The van der Waals surface area contributed by atoms with Crippen molar-refractivity contribution in [1.29, 1.82) is 0 Å². The minimum Gasteiger partial charge on any atom is -0.456 e. The second-order valence-corrected chi connectivity index (χ2v) is 8.83. The normalized spacial score (nSPS) is 11.3. The van der Waals surface area contributed by atoms with Crippen LogP contribution in [0.3, 0.4) is 0 Å². The van der Waals surface area contributed by atoms with E-state index in [4.69, 9.17) is 16.3 Å². The van der Waals surface area contributed by atoms with Crippen LogP contribution in [0.1, 0.15) is 11.1 Å². The van der Waals surface area contributed by atoms with Gasteiger partial charge in [-0.15, -0.1) is 0 Å². The molecule has 2 aromatic carbocycles. The average Bonchev–Trinajstić information content (AvgIpc) is 3.30. The van der Waals surface area contributed by atoms with Gasteiger partial charge >= 0.3 is 0 Å². The molecule has 0 aliphatic carbocycles. The molecule has 6 nitrogen and oxygen atoms in total. The lowest BCUT2D eigenvalue weighted by molar-refractivity contribution is 0.314. The molecule has 160 valence electrons. The van der Waals surface area contributed by atoms with Crippen molar-refractivity contribution >= 4 is 27.5 Å². The number of hydrogen-bond donors (Lipinski definition) is 0. The van der Waals surface area contributed by atoms with E-state index in [1.807, 2.05) is 67.6 Å². The van der Waals surface area contributed by atoms with Gasteiger partial charge in [-0.1, -0.05) is 29.8 Å². The summed E-state index contributed by atoms with van der Waals surface area (Å²) in [6.45, 7) is 1.47. The number of hydrogen-bond acceptors (Lipinski definition) is 4. The standard InChI is InChI=1S/C23H23BrClN5O/c1-28(13-18-15-30(3)27-23(18)17-11-26-29(2)14-17)12-16-6-4-5-7-21(16)31-22-9-8-19(25)10-20(22)24/h4-11,14-15H,12-13H2,1-3H3. The summed E-state index contributed by atoms with van der Waals surface area (Å²) >= 11 is 9.58. The highest BCUT2D eigenvalue weighted by Gasteiger charge is 2.15. The molecule has 31 heavy (non-hydrogen) atoms. The summed E-state index contributed by atoms with van der Waals surface area (Å²) in [7, 11) is 5.94. The van der Waals surface area contributed by atoms with Crippen molar-refractivity contribution in [2.24, 2.45) is 14.1 Å². The minimum atomic E-state index is 0.660. The summed E-state index contributed by atoms with van der Waals surface area (Å²) in [6.07, 6.45) is 5.89. The first-order chi connectivity index (χ1) is 14.9. The first-order valence-corrected chi connectivity index (χ1v) is 11.0. The molecule has 4 aromatic rings. The van der Waals surface area contributed by atoms with E-state index in [9.17, 15) is 0 Å². The molecule has 0 atom stereocenters. The fraction of sp³-hybridized carbons (Fsp3) is 0.217. The molecule has 2 heterocycles. The largest absolute Gasteiger partial charge is 0.456 e. The summed E-state index contributed by atoms with van der Waals surface area (Å²) in [6, 6.07) is 13.6. The van der Waals surface area contributed by atoms with E-state index in [1.165, 1.54) is 0 Å². The minimum absolute atomic E-state index is 0.660. The Bertz CT molecular complexity index is 1200. The maximum absolute atomic E-state index is 6.19. The Labute approximate surface area is 195 Å². The maximum Gasteiger partial charge on any atom is 0.141 e. The third-order valence-electron chi connectivity index (χ3n) is 4.85. The number of ether oxygens (including phenoxy) is 1. The number of benzene rings is 2. The molecular weight excluding hydrogens is 478 g/mol. The van der Waals surface area contributed by atoms with E-state index < -0.39 is 0 Å². The second kappa shape index (κ2) is 9.26. The van der Waals surface area contributed by atoms with Crippen molar-refractivity contribution in [2.45, 2.75) is 13.1 Å². The van der Waals surface area contributed by atoms with Crippen LogP contribution >= 0.6 is 27.5 Å². The lowest BCUT2D eigenvalue weighted by Gasteiger charge is -2.19. The summed E-state index contributed by atoms with van der Waals surface area (Å²) in [4.78, 5) is 2.25. The van der Waals surface area contributed by atoms with Crippen molar-refractivity contribution in [3.05, 3.63) is 81.7 Å². The van der Waals surface area contributed by atoms with Crippen molar-refractivity contribution in [3.63, 3.8) is 0 Å². The highest BCUT2D eigenvalue weighted by molar-refractivity contribution is 9.10. The van der Waals surface area contributed by atoms with E-state index in [2.05, 4.69) is 50.3 Å². The molecule has 0 N–H and O–H groups in total. The highest BCUT2D eigenvalue weighted by atomic mass is 79.9. The van der Waals surface area contributed by atoms with Crippen LogP contribution in [0, 0.1) is 0 Å². The third-order valence-corrected chi connectivity index (χ3v) is 5.70. The molecule has 0 saturated carbocycles. The van der Waals surface area contributed by atoms with Gasteiger partial charge in [-0.05, 0) is 47.2 Å². The third kappa shape index (κ3) is 5.18. The molecule has 8 heteroatoms. The van der Waals surface area contributed by atoms with Gasteiger partial charge in [0.25, 0.3) is 0 Å². The first-order valence-electron chi connectivity index (χ1n) is 9.80. The van der Waals surface area contributed by atoms with Crippen LogP contribution in [0.25, 0.3) is 11.3 Å². The van der Waals surface area contributed by atoms with Crippen molar-refractivity contribution in [1.82, 2.24) is 24.5 Å². The molecule has 0 aliphatic rings. The lowest BCUT2D eigenvalue weighted by atomic mass is 10.1. The van der Waals surface area contributed by atoms with Gasteiger partial charge in [-0.2, -0.15) is 10.2 Å². The topological polar surface area (TPSA) is 48.1 Å². The Hall–Kier alpha value is -2.61. The lowest BCUT2D eigenvalue weighted by Crippen LogP contribution is -2.17. The van der Waals surface area contributed by atoms with Gasteiger partial charge in [-0.3, -0.25) is 14.3 Å². The number of aryl methyl sites for hydroxylation is 2. The smallest absolute Gasteiger partial charge is 0.141 e. The Morgan fingerprint density at radius 3 is 2.52 bits per heavy atom. The molecule has 0 bridgehead atoms. The van der Waals surface area contributed by atoms with Crippen LogP contribution < -0.4 is 4.74 Å². The fourth-order valence-corrected chi connectivity index (χ4v) is 4.25. The zero-order valence-electron chi connectivity index (χ0n) is 17.6. The van der Waals surface area contributed by atoms with Gasteiger partial charge < -0.3 is 4.74 Å². The van der Waals surface area contributed by atoms with Crippen LogP contribution in [0.5, 0.6) is 11.5 Å². The van der Waals surface area contributed by atoms with Crippen LogP contribution in [0.2, 0.25) is 5.02 Å². The van der Waals surface area contributed by atoms with Crippen LogP contribution in [-0.2, 0) is 27.2 Å². The quantitative estimate of drug-likeness (QED) is 0.328. The Morgan fingerprint density at radius 2 is 1.77 bits per heavy atom. The molecule has 4 rings (SSSR count). The fourth-order valence-electron chi connectivity index (χ4n) is 3.49. The van der Waals surface area contributed by atoms with E-state index in [0.717, 1.165) is 51.4 Å². The van der Waals surface area contributed by atoms with Gasteiger partial charge in [0.15, 0.2) is 0 Å². The van der Waals surface area contributed by atoms with Crippen LogP contribution in [-0.4, -0.2) is 31.5 Å². The molecule has 0 amide bonds. The first kappa shape index (κ1) is 21.6. The molecule has 0 radical (unpaired) electrons. The zero-order valence-corrected chi connectivity index (χ0v) is 19.9. The monoisotopic (exact) mass is 499 g/mol. The summed E-state index contributed by atoms with van der Waals surface area (Å²) in [5, 5.41) is 9.58. The number of para-hydroxylation sites is 1. The highest BCUT2D eigenvalue weighted by Crippen LogP contribution is 2.34. The van der Waals surface area contributed by atoms with Gasteiger partial charge in [-0.25, -0.2) is 0 Å². The maximum atomic E-state index is 6.19. The molecule has 2 aromatic heterocycles. The number of halogens is 2. The number of nitrogens with zero attached hydrogens (tertiary/aromatic N) is 5. The molecule has 0 saturated heterocycles. The summed E-state index contributed by atoms with van der Waals surface area (Å²) in [5.74, 6) is 1.54. The van der Waals surface area contributed by atoms with Crippen molar-refractivity contribution < 1.29 is 4.74 Å². The van der Waals surface area contributed by atoms with E-state index in [0.29, 0.717) is 5.02 Å². The Balaban J connectivity index is 1.52. The van der Waals surface area contributed by atoms with Crippen molar-refractivity contribution in [3.8, 4) is 22.8 Å². The van der Waals surface area contributed by atoms with Crippen molar-refractivity contribution in [2.75, 3.05) is 7.05 Å². The van der Waals surface area contributed by atoms with Gasteiger partial charge in [0.2, 0.25) is 0 Å². The van der Waals surface area contributed by atoms with Gasteiger partial charge in [0.1, 0.15) is 11.5 Å². The predicted octanol–water partition coefficient (Wildman–Crippen LogP) is 5.66. The zero-order chi connectivity index (χ0) is 22.0. The molecule has 0 spiro atoms. The average molecular weight is 501 g/mol. The second-order valence-electron chi connectivity index (χ2n) is 7.54. The van der Waals surface area contributed by atoms with E-state index in [-0.39, 0.29) is 0 Å². The Kier molecular flexibility index (Phi) is 6.46. The molecule has 0 fully saturated rings. The summed E-state index contributed by atoms with van der Waals surface area (Å²) in [5.41, 5.74) is 4.22. The van der Waals surface area contributed by atoms with E-state index >= 15 is 0 Å². The van der Waals surface area contributed by atoms with E-state index in [1.54, 1.807) is 4.68 Å². The molecule has 0 aliphatic heterocycles. The SMILES string of the molecule is CN(Cc1ccccc1Oc1ccc(Cl)cc1Br)Cc1cn(C)nc1-c1cnn(C)c1. The Morgan fingerprint density at radius 1 is 1.00 bits per heavy atom.